The van der Waals surface area contributed by atoms with Gasteiger partial charge in [-0.15, -0.1) is 0 Å². The highest BCUT2D eigenvalue weighted by atomic mass is 16.5. The first-order valence-electron chi connectivity index (χ1n) is 8.35. The van der Waals surface area contributed by atoms with Gasteiger partial charge in [0.1, 0.15) is 0 Å². The van der Waals surface area contributed by atoms with Crippen LogP contribution in [-0.4, -0.2) is 33.4 Å². The summed E-state index contributed by atoms with van der Waals surface area (Å²) in [6, 6.07) is 6.88. The smallest absolute Gasteiger partial charge is 0.0587 e. The van der Waals surface area contributed by atoms with Gasteiger partial charge in [-0.2, -0.15) is 0 Å². The van der Waals surface area contributed by atoms with Gasteiger partial charge >= 0.3 is 0 Å². The first-order chi connectivity index (χ1) is 10.3. The van der Waals surface area contributed by atoms with Crippen molar-refractivity contribution in [1.29, 1.82) is 0 Å². The molecule has 3 heteroatoms. The fourth-order valence-corrected chi connectivity index (χ4v) is 3.05. The molecule has 0 saturated carbocycles. The molecule has 0 aliphatic carbocycles. The number of methoxy groups -OCH3 is 1. The highest BCUT2D eigenvalue weighted by Crippen LogP contribution is 2.24. The Morgan fingerprint density at radius 1 is 1.10 bits per heavy atom. The molecule has 21 heavy (non-hydrogen) atoms. The van der Waals surface area contributed by atoms with Crippen molar-refractivity contribution in [1.82, 2.24) is 5.32 Å². The summed E-state index contributed by atoms with van der Waals surface area (Å²) < 4.78 is 5.11. The molecule has 1 aromatic rings. The number of benzene rings is 1. The normalized spacial score (nSPS) is 16.6. The zero-order valence-electron chi connectivity index (χ0n) is 13.7. The van der Waals surface area contributed by atoms with E-state index in [4.69, 9.17) is 4.74 Å². The quantitative estimate of drug-likeness (QED) is 0.812. The fraction of sp³-hybridized carbons (Fsp3) is 0.667. The number of hydrogen-bond acceptors (Lipinski definition) is 3. The fourth-order valence-electron chi connectivity index (χ4n) is 3.05. The molecule has 118 valence electrons. The second kappa shape index (κ2) is 9.06. The van der Waals surface area contributed by atoms with Gasteiger partial charge in [-0.05, 0) is 31.4 Å². The summed E-state index contributed by atoms with van der Waals surface area (Å²) in [7, 11) is 1.75. The first kappa shape index (κ1) is 16.3. The third-order valence-electron chi connectivity index (χ3n) is 4.23. The topological polar surface area (TPSA) is 24.5 Å². The van der Waals surface area contributed by atoms with E-state index in [-0.39, 0.29) is 0 Å². The van der Waals surface area contributed by atoms with E-state index >= 15 is 0 Å². The van der Waals surface area contributed by atoms with Crippen LogP contribution >= 0.6 is 0 Å². The standard InChI is InChI=1S/C18H30N2O/c1-16-8-9-18(17(14-16)15-19-10-13-21-2)20-11-6-4-3-5-7-12-20/h8-9,14,19H,3-7,10-13,15H2,1-2H3. The minimum atomic E-state index is 0.769. The summed E-state index contributed by atoms with van der Waals surface area (Å²) in [5, 5.41) is 3.49. The molecule has 2 rings (SSSR count). The van der Waals surface area contributed by atoms with Gasteiger partial charge in [-0.1, -0.05) is 37.0 Å². The Hall–Kier alpha value is -1.06. The molecule has 0 radical (unpaired) electrons. The van der Waals surface area contributed by atoms with Crippen LogP contribution in [0.5, 0.6) is 0 Å². The van der Waals surface area contributed by atoms with Crippen molar-refractivity contribution in [3.05, 3.63) is 29.3 Å². The zero-order valence-corrected chi connectivity index (χ0v) is 13.7. The summed E-state index contributed by atoms with van der Waals surface area (Å²) in [6.45, 7) is 7.18. The lowest BCUT2D eigenvalue weighted by Crippen LogP contribution is -2.29. The number of ether oxygens (including phenoxy) is 1. The third kappa shape index (κ3) is 5.33. The van der Waals surface area contributed by atoms with Crippen LogP contribution in [0.15, 0.2) is 18.2 Å². The minimum Gasteiger partial charge on any atom is -0.383 e. The summed E-state index contributed by atoms with van der Waals surface area (Å²) in [6.07, 6.45) is 6.82. The van der Waals surface area contributed by atoms with Gasteiger partial charge in [0.15, 0.2) is 0 Å². The molecular weight excluding hydrogens is 260 g/mol. The SMILES string of the molecule is COCCNCc1cc(C)ccc1N1CCCCCCC1. The van der Waals surface area contributed by atoms with E-state index in [1.165, 1.54) is 62.0 Å². The van der Waals surface area contributed by atoms with Crippen LogP contribution in [0, 0.1) is 6.92 Å². The Morgan fingerprint density at radius 3 is 2.52 bits per heavy atom. The highest BCUT2D eigenvalue weighted by Gasteiger charge is 2.12. The van der Waals surface area contributed by atoms with Crippen LogP contribution in [-0.2, 0) is 11.3 Å². The van der Waals surface area contributed by atoms with E-state index in [1.807, 2.05) is 0 Å². The number of rotatable bonds is 6. The van der Waals surface area contributed by atoms with Gasteiger partial charge in [0.25, 0.3) is 0 Å². The molecule has 1 aliphatic heterocycles. The van der Waals surface area contributed by atoms with Crippen LogP contribution in [0.25, 0.3) is 0 Å². The molecule has 0 spiro atoms. The molecule has 0 amide bonds. The molecule has 1 fully saturated rings. The lowest BCUT2D eigenvalue weighted by atomic mass is 10.0. The Labute approximate surface area is 129 Å². The lowest BCUT2D eigenvalue weighted by molar-refractivity contribution is 0.199. The van der Waals surface area contributed by atoms with Crippen LogP contribution < -0.4 is 10.2 Å². The molecule has 1 heterocycles. The summed E-state index contributed by atoms with van der Waals surface area (Å²) in [5.74, 6) is 0. The largest absolute Gasteiger partial charge is 0.383 e. The van der Waals surface area contributed by atoms with Crippen LogP contribution in [0.3, 0.4) is 0 Å². The maximum absolute atomic E-state index is 5.11. The number of nitrogens with zero attached hydrogens (tertiary/aromatic N) is 1. The lowest BCUT2D eigenvalue weighted by Gasteiger charge is -2.29. The van der Waals surface area contributed by atoms with Crippen molar-refractivity contribution in [2.24, 2.45) is 0 Å². The first-order valence-corrected chi connectivity index (χ1v) is 8.35. The van der Waals surface area contributed by atoms with Crippen molar-refractivity contribution in [3.63, 3.8) is 0 Å². The predicted octanol–water partition coefficient (Wildman–Crippen LogP) is 3.50. The van der Waals surface area contributed by atoms with E-state index in [0.717, 1.165) is 19.7 Å². The van der Waals surface area contributed by atoms with Crippen molar-refractivity contribution >= 4 is 5.69 Å². The van der Waals surface area contributed by atoms with Crippen molar-refractivity contribution in [2.75, 3.05) is 38.3 Å². The molecule has 0 aromatic heterocycles. The maximum Gasteiger partial charge on any atom is 0.0587 e. The molecule has 0 bridgehead atoms. The Morgan fingerprint density at radius 2 is 1.81 bits per heavy atom. The van der Waals surface area contributed by atoms with Gasteiger partial charge in [-0.3, -0.25) is 0 Å². The van der Waals surface area contributed by atoms with Crippen LogP contribution in [0.1, 0.15) is 43.2 Å². The molecule has 0 unspecified atom stereocenters. The van der Waals surface area contributed by atoms with E-state index < -0.39 is 0 Å². The Bertz CT molecular complexity index is 412. The minimum absolute atomic E-state index is 0.769. The monoisotopic (exact) mass is 290 g/mol. The van der Waals surface area contributed by atoms with E-state index in [9.17, 15) is 0 Å². The summed E-state index contributed by atoms with van der Waals surface area (Å²) in [4.78, 5) is 2.59. The Balaban J connectivity index is 2.05. The maximum atomic E-state index is 5.11. The van der Waals surface area contributed by atoms with Crippen molar-refractivity contribution in [3.8, 4) is 0 Å². The molecule has 0 atom stereocenters. The van der Waals surface area contributed by atoms with E-state index in [1.54, 1.807) is 7.11 Å². The number of hydrogen-bond donors (Lipinski definition) is 1. The van der Waals surface area contributed by atoms with Crippen molar-refractivity contribution < 1.29 is 4.74 Å². The van der Waals surface area contributed by atoms with Crippen molar-refractivity contribution in [2.45, 2.75) is 45.6 Å². The molecule has 1 aliphatic rings. The molecular formula is C18H30N2O. The predicted molar refractivity (Wildman–Crippen MR) is 90.1 cm³/mol. The molecule has 3 nitrogen and oxygen atoms in total. The zero-order chi connectivity index (χ0) is 14.9. The molecule has 1 N–H and O–H groups in total. The number of anilines is 1. The third-order valence-corrected chi connectivity index (χ3v) is 4.23. The van der Waals surface area contributed by atoms with Gasteiger partial charge in [-0.25, -0.2) is 0 Å². The van der Waals surface area contributed by atoms with Gasteiger partial charge in [0.05, 0.1) is 6.61 Å². The number of nitrogens with one attached hydrogen (secondary N) is 1. The van der Waals surface area contributed by atoms with Gasteiger partial charge in [0, 0.05) is 39.0 Å². The molecule has 1 saturated heterocycles. The van der Waals surface area contributed by atoms with Gasteiger partial charge < -0.3 is 15.0 Å². The highest BCUT2D eigenvalue weighted by molar-refractivity contribution is 5.55. The number of aryl methyl sites for hydroxylation is 1. The summed E-state index contributed by atoms with van der Waals surface area (Å²) in [5.41, 5.74) is 4.19. The average molecular weight is 290 g/mol. The average Bonchev–Trinajstić information content (AvgIpc) is 2.44. The second-order valence-corrected chi connectivity index (χ2v) is 6.06. The second-order valence-electron chi connectivity index (χ2n) is 6.06. The van der Waals surface area contributed by atoms with E-state index in [0.29, 0.717) is 0 Å². The van der Waals surface area contributed by atoms with E-state index in [2.05, 4.69) is 35.3 Å². The molecule has 1 aromatic carbocycles. The van der Waals surface area contributed by atoms with Crippen LogP contribution in [0.4, 0.5) is 5.69 Å². The van der Waals surface area contributed by atoms with Gasteiger partial charge in [0.2, 0.25) is 0 Å². The Kier molecular flexibility index (Phi) is 7.04. The summed E-state index contributed by atoms with van der Waals surface area (Å²) >= 11 is 0. The van der Waals surface area contributed by atoms with Crippen LogP contribution in [0.2, 0.25) is 0 Å².